The summed E-state index contributed by atoms with van der Waals surface area (Å²) >= 11 is 0. The van der Waals surface area contributed by atoms with Crippen molar-refractivity contribution in [3.63, 3.8) is 0 Å². The summed E-state index contributed by atoms with van der Waals surface area (Å²) in [4.78, 5) is 0.278. The number of anilines is 1. The van der Waals surface area contributed by atoms with Gasteiger partial charge in [0.05, 0.1) is 12.0 Å². The van der Waals surface area contributed by atoms with Crippen molar-refractivity contribution in [1.29, 1.82) is 0 Å². The highest BCUT2D eigenvalue weighted by Gasteiger charge is 2.07. The molecule has 0 amide bonds. The number of benzene rings is 2. The van der Waals surface area contributed by atoms with Crippen LogP contribution < -0.4 is 10.1 Å². The molecule has 2 aromatic rings. The number of hydrogen-bond donors (Lipinski definition) is 2. The van der Waals surface area contributed by atoms with E-state index in [0.717, 1.165) is 11.3 Å². The quantitative estimate of drug-likeness (QED) is 0.887. The van der Waals surface area contributed by atoms with Gasteiger partial charge in [-0.1, -0.05) is 0 Å². The molecule has 0 saturated carbocycles. The standard InChI is InChI=1S/C15H17NO4S/c1-20-13-6-3-11(15(17)9-13)10-16-12-4-7-14(8-5-12)21(2,18)19/h3-9,16-17H,10H2,1-2H3. The zero-order valence-corrected chi connectivity index (χ0v) is 12.6. The molecule has 0 saturated heterocycles. The Morgan fingerprint density at radius 1 is 1.14 bits per heavy atom. The first-order valence-electron chi connectivity index (χ1n) is 6.30. The molecule has 5 nitrogen and oxygen atoms in total. The van der Waals surface area contributed by atoms with Crippen molar-refractivity contribution in [3.8, 4) is 11.5 Å². The van der Waals surface area contributed by atoms with Crippen molar-refractivity contribution >= 4 is 15.5 Å². The smallest absolute Gasteiger partial charge is 0.175 e. The van der Waals surface area contributed by atoms with E-state index in [1.807, 2.05) is 0 Å². The number of aromatic hydroxyl groups is 1. The molecule has 0 aliphatic carbocycles. The molecule has 0 unspecified atom stereocenters. The number of phenols is 1. The van der Waals surface area contributed by atoms with Crippen LogP contribution in [0.2, 0.25) is 0 Å². The first kappa shape index (κ1) is 15.2. The molecule has 112 valence electrons. The lowest BCUT2D eigenvalue weighted by Gasteiger charge is -2.10. The van der Waals surface area contributed by atoms with Gasteiger partial charge < -0.3 is 15.2 Å². The number of nitrogens with one attached hydrogen (secondary N) is 1. The minimum absolute atomic E-state index is 0.148. The molecule has 2 aromatic carbocycles. The number of sulfone groups is 1. The molecule has 0 bridgehead atoms. The van der Waals surface area contributed by atoms with E-state index in [2.05, 4.69) is 5.32 Å². The van der Waals surface area contributed by atoms with Gasteiger partial charge >= 0.3 is 0 Å². The van der Waals surface area contributed by atoms with Gasteiger partial charge in [0.1, 0.15) is 11.5 Å². The van der Waals surface area contributed by atoms with E-state index >= 15 is 0 Å². The van der Waals surface area contributed by atoms with Crippen LogP contribution in [0.25, 0.3) is 0 Å². The van der Waals surface area contributed by atoms with Crippen molar-refractivity contribution in [1.82, 2.24) is 0 Å². The summed E-state index contributed by atoms with van der Waals surface area (Å²) in [6.07, 6.45) is 1.17. The Kier molecular flexibility index (Phi) is 4.37. The highest BCUT2D eigenvalue weighted by atomic mass is 32.2. The molecule has 0 aliphatic rings. The van der Waals surface area contributed by atoms with Crippen LogP contribution >= 0.6 is 0 Å². The second-order valence-electron chi connectivity index (χ2n) is 4.64. The highest BCUT2D eigenvalue weighted by Crippen LogP contribution is 2.24. The van der Waals surface area contributed by atoms with Crippen LogP contribution in [-0.2, 0) is 16.4 Å². The fourth-order valence-corrected chi connectivity index (χ4v) is 2.47. The lowest BCUT2D eigenvalue weighted by atomic mass is 10.2. The van der Waals surface area contributed by atoms with Gasteiger partial charge in [-0.05, 0) is 36.4 Å². The first-order valence-corrected chi connectivity index (χ1v) is 8.19. The maximum atomic E-state index is 11.4. The van der Waals surface area contributed by atoms with E-state index in [4.69, 9.17) is 4.74 Å². The van der Waals surface area contributed by atoms with Crippen molar-refractivity contribution < 1.29 is 18.3 Å². The molecule has 0 atom stereocenters. The molecule has 0 heterocycles. The van der Waals surface area contributed by atoms with E-state index in [-0.39, 0.29) is 10.6 Å². The molecular formula is C15H17NO4S. The average Bonchev–Trinajstić information content (AvgIpc) is 2.45. The summed E-state index contributed by atoms with van der Waals surface area (Å²) in [5.74, 6) is 0.739. The highest BCUT2D eigenvalue weighted by molar-refractivity contribution is 7.90. The second-order valence-corrected chi connectivity index (χ2v) is 6.66. The van der Waals surface area contributed by atoms with Crippen LogP contribution in [0.3, 0.4) is 0 Å². The Balaban J connectivity index is 2.06. The van der Waals surface area contributed by atoms with Gasteiger partial charge in [-0.25, -0.2) is 8.42 Å². The molecule has 0 aromatic heterocycles. The summed E-state index contributed by atoms with van der Waals surface area (Å²) < 4.78 is 27.7. The minimum Gasteiger partial charge on any atom is -0.507 e. The van der Waals surface area contributed by atoms with Crippen molar-refractivity contribution in [2.75, 3.05) is 18.7 Å². The summed E-state index contributed by atoms with van der Waals surface area (Å²) in [5, 5.41) is 13.0. The number of ether oxygens (including phenoxy) is 1. The molecule has 21 heavy (non-hydrogen) atoms. The fourth-order valence-electron chi connectivity index (χ4n) is 1.84. The molecule has 0 aliphatic heterocycles. The first-order chi connectivity index (χ1) is 9.90. The zero-order chi connectivity index (χ0) is 15.5. The predicted octanol–water partition coefficient (Wildman–Crippen LogP) is 2.42. The zero-order valence-electron chi connectivity index (χ0n) is 11.8. The third kappa shape index (κ3) is 3.88. The number of methoxy groups -OCH3 is 1. The van der Waals surface area contributed by atoms with Crippen LogP contribution in [-0.4, -0.2) is 26.9 Å². The van der Waals surface area contributed by atoms with Gasteiger partial charge in [-0.3, -0.25) is 0 Å². The lowest BCUT2D eigenvalue weighted by molar-refractivity contribution is 0.406. The van der Waals surface area contributed by atoms with Crippen molar-refractivity contribution in [2.24, 2.45) is 0 Å². The van der Waals surface area contributed by atoms with E-state index in [9.17, 15) is 13.5 Å². The van der Waals surface area contributed by atoms with Gasteiger partial charge in [0.15, 0.2) is 9.84 Å². The predicted molar refractivity (Wildman–Crippen MR) is 81.5 cm³/mol. The fraction of sp³-hybridized carbons (Fsp3) is 0.200. The van der Waals surface area contributed by atoms with E-state index < -0.39 is 9.84 Å². The normalized spacial score (nSPS) is 11.1. The van der Waals surface area contributed by atoms with Crippen LogP contribution in [0.1, 0.15) is 5.56 Å². The molecule has 0 spiro atoms. The van der Waals surface area contributed by atoms with Gasteiger partial charge in [0.25, 0.3) is 0 Å². The minimum atomic E-state index is -3.18. The average molecular weight is 307 g/mol. The summed E-state index contributed by atoms with van der Waals surface area (Å²) in [5.41, 5.74) is 1.50. The van der Waals surface area contributed by atoms with Crippen molar-refractivity contribution in [3.05, 3.63) is 48.0 Å². The maximum Gasteiger partial charge on any atom is 0.175 e. The SMILES string of the molecule is COc1ccc(CNc2ccc(S(C)(=O)=O)cc2)c(O)c1. The van der Waals surface area contributed by atoms with Crippen LogP contribution in [0.15, 0.2) is 47.4 Å². The topological polar surface area (TPSA) is 75.6 Å². The Morgan fingerprint density at radius 3 is 2.33 bits per heavy atom. The molecule has 2 N–H and O–H groups in total. The van der Waals surface area contributed by atoms with E-state index in [0.29, 0.717) is 12.3 Å². The molecular weight excluding hydrogens is 290 g/mol. The molecule has 0 radical (unpaired) electrons. The van der Waals surface area contributed by atoms with Crippen LogP contribution in [0, 0.1) is 0 Å². The molecule has 2 rings (SSSR count). The molecule has 0 fully saturated rings. The largest absolute Gasteiger partial charge is 0.507 e. The number of hydrogen-bond acceptors (Lipinski definition) is 5. The summed E-state index contributed by atoms with van der Waals surface area (Å²) in [6, 6.07) is 11.6. The Labute approximate surface area is 124 Å². The third-order valence-corrected chi connectivity index (χ3v) is 4.19. The van der Waals surface area contributed by atoms with E-state index in [1.165, 1.54) is 13.4 Å². The maximum absolute atomic E-state index is 11.4. The van der Waals surface area contributed by atoms with E-state index in [1.54, 1.807) is 42.5 Å². The second kappa shape index (κ2) is 6.05. The Bertz CT molecular complexity index is 724. The van der Waals surface area contributed by atoms with Gasteiger partial charge in [-0.15, -0.1) is 0 Å². The Morgan fingerprint density at radius 2 is 1.81 bits per heavy atom. The third-order valence-electron chi connectivity index (χ3n) is 3.06. The van der Waals surface area contributed by atoms with Crippen molar-refractivity contribution in [2.45, 2.75) is 11.4 Å². The summed E-state index contributed by atoms with van der Waals surface area (Å²) in [6.45, 7) is 0.425. The van der Waals surface area contributed by atoms with Gasteiger partial charge in [0.2, 0.25) is 0 Å². The molecule has 6 heteroatoms. The Hall–Kier alpha value is -2.21. The van der Waals surface area contributed by atoms with Crippen LogP contribution in [0.5, 0.6) is 11.5 Å². The summed E-state index contributed by atoms with van der Waals surface area (Å²) in [7, 11) is -1.65. The van der Waals surface area contributed by atoms with Gasteiger partial charge in [0, 0.05) is 30.1 Å². The number of rotatable bonds is 5. The van der Waals surface area contributed by atoms with Gasteiger partial charge in [-0.2, -0.15) is 0 Å². The monoisotopic (exact) mass is 307 g/mol. The lowest BCUT2D eigenvalue weighted by Crippen LogP contribution is -2.01. The number of phenolic OH excluding ortho intramolecular Hbond substituents is 1. The van der Waals surface area contributed by atoms with Crippen LogP contribution in [0.4, 0.5) is 5.69 Å².